The van der Waals surface area contributed by atoms with Gasteiger partial charge in [-0.25, -0.2) is 14.4 Å². The number of aromatic nitrogens is 4. The third-order valence-corrected chi connectivity index (χ3v) is 7.37. The highest BCUT2D eigenvalue weighted by atomic mass is 16.7. The molecule has 2 aromatic rings. The Morgan fingerprint density at radius 2 is 0.907 bits per heavy atom. The van der Waals surface area contributed by atoms with E-state index in [-0.39, 0.29) is 11.6 Å². The first-order valence-corrected chi connectivity index (χ1v) is 16.0. The Balaban J connectivity index is 1.50. The van der Waals surface area contributed by atoms with Crippen molar-refractivity contribution in [2.75, 3.05) is 23.8 Å². The zero-order chi connectivity index (χ0) is 39.9. The minimum Gasteiger partial charge on any atom is -0.463 e. The van der Waals surface area contributed by atoms with Crippen molar-refractivity contribution in [2.45, 2.75) is 90.6 Å². The van der Waals surface area contributed by atoms with Crippen LogP contribution in [0, 0.1) is 0 Å². The van der Waals surface area contributed by atoms with Crippen LogP contribution in [-0.2, 0) is 66.7 Å². The van der Waals surface area contributed by atoms with Gasteiger partial charge in [-0.05, 0) is 12.1 Å². The number of nitrogens with one attached hydrogen (secondary N) is 2. The minimum atomic E-state index is -1.40. The van der Waals surface area contributed by atoms with E-state index in [0.29, 0.717) is 0 Å². The number of urea groups is 1. The van der Waals surface area contributed by atoms with Gasteiger partial charge in [0.25, 0.3) is 0 Å². The standard InChI is InChI=1S/C31H36N6O17/c1-13(38)47-11-19-23(49-15(3)40)25(51-17(5)42)27(53-19)36-9-7-21(34-30(36)45)32-29(44)33-22-8-10-37(31(46)35-22)28-26(52-18(6)43)24(50-16(4)41)20(54-28)12-48-14(2)39/h7-10,19-20,23-28H,11-12H2,1-6H3,(H2,32,33,34,35,44,45,46)/t19-,20+,23-,24-,25-,26-,27-,28+/m0/s1. The van der Waals surface area contributed by atoms with Crippen molar-refractivity contribution in [1.82, 2.24) is 19.1 Å². The fourth-order valence-corrected chi connectivity index (χ4v) is 5.45. The molecule has 2 saturated heterocycles. The van der Waals surface area contributed by atoms with Crippen LogP contribution < -0.4 is 22.0 Å². The third kappa shape index (κ3) is 10.4. The van der Waals surface area contributed by atoms with E-state index in [9.17, 15) is 43.2 Å². The molecule has 2 aliphatic heterocycles. The Morgan fingerprint density at radius 3 is 1.20 bits per heavy atom. The molecule has 292 valence electrons. The van der Waals surface area contributed by atoms with Gasteiger partial charge in [0.05, 0.1) is 0 Å². The van der Waals surface area contributed by atoms with E-state index in [0.717, 1.165) is 63.1 Å². The van der Waals surface area contributed by atoms with Crippen molar-refractivity contribution >= 4 is 53.5 Å². The van der Waals surface area contributed by atoms with Crippen LogP contribution in [0.3, 0.4) is 0 Å². The molecule has 0 bridgehead atoms. The minimum absolute atomic E-state index is 0.281. The maximum Gasteiger partial charge on any atom is 0.351 e. The first-order valence-electron chi connectivity index (χ1n) is 16.0. The smallest absolute Gasteiger partial charge is 0.351 e. The van der Waals surface area contributed by atoms with Gasteiger partial charge in [0, 0.05) is 53.9 Å². The largest absolute Gasteiger partial charge is 0.463 e. The van der Waals surface area contributed by atoms with Crippen LogP contribution in [0.2, 0.25) is 0 Å². The monoisotopic (exact) mass is 764 g/mol. The van der Waals surface area contributed by atoms with Crippen molar-refractivity contribution in [3.63, 3.8) is 0 Å². The normalized spacial score (nSPS) is 24.4. The van der Waals surface area contributed by atoms with Gasteiger partial charge in [0.15, 0.2) is 36.9 Å². The Morgan fingerprint density at radius 1 is 0.574 bits per heavy atom. The third-order valence-electron chi connectivity index (χ3n) is 7.37. The Bertz CT molecular complexity index is 1780. The molecule has 54 heavy (non-hydrogen) atoms. The van der Waals surface area contributed by atoms with Crippen LogP contribution in [0.4, 0.5) is 16.4 Å². The highest BCUT2D eigenvalue weighted by Crippen LogP contribution is 2.35. The summed E-state index contributed by atoms with van der Waals surface area (Å²) in [5.74, 6) is -5.05. The van der Waals surface area contributed by atoms with Gasteiger partial charge >= 0.3 is 53.2 Å². The summed E-state index contributed by atoms with van der Waals surface area (Å²) in [7, 11) is 0. The van der Waals surface area contributed by atoms with Crippen LogP contribution in [0.1, 0.15) is 54.0 Å². The van der Waals surface area contributed by atoms with Crippen LogP contribution in [-0.4, -0.2) is 111 Å². The van der Waals surface area contributed by atoms with E-state index < -0.39 is 116 Å². The van der Waals surface area contributed by atoms with Gasteiger partial charge in [0.1, 0.15) is 37.1 Å². The summed E-state index contributed by atoms with van der Waals surface area (Å²) in [6.07, 6.45) is -8.09. The van der Waals surface area contributed by atoms with Crippen molar-refractivity contribution < 1.29 is 71.5 Å². The summed E-state index contributed by atoms with van der Waals surface area (Å²) < 4.78 is 44.6. The Hall–Kier alpha value is -6.23. The zero-order valence-corrected chi connectivity index (χ0v) is 29.6. The molecule has 23 heteroatoms. The topological polar surface area (TPSA) is 287 Å². The molecule has 23 nitrogen and oxygen atoms in total. The lowest BCUT2D eigenvalue weighted by Gasteiger charge is -2.24. The number of amides is 2. The van der Waals surface area contributed by atoms with Gasteiger partial charge in [-0.15, -0.1) is 0 Å². The molecule has 0 radical (unpaired) electrons. The molecule has 2 aromatic heterocycles. The molecular formula is C31H36N6O17. The first-order chi connectivity index (χ1) is 25.4. The van der Waals surface area contributed by atoms with Crippen LogP contribution >= 0.6 is 0 Å². The van der Waals surface area contributed by atoms with Crippen molar-refractivity contribution in [3.8, 4) is 0 Å². The Kier molecular flexibility index (Phi) is 13.2. The average Bonchev–Trinajstić information content (AvgIpc) is 3.54. The van der Waals surface area contributed by atoms with Crippen LogP contribution in [0.15, 0.2) is 34.1 Å². The van der Waals surface area contributed by atoms with Gasteiger partial charge in [-0.3, -0.25) is 48.5 Å². The number of nitrogens with zero attached hydrogens (tertiary/aromatic N) is 4. The number of rotatable bonds is 12. The second kappa shape index (κ2) is 17.5. The van der Waals surface area contributed by atoms with E-state index in [2.05, 4.69) is 20.6 Å². The fourth-order valence-electron chi connectivity index (χ4n) is 5.45. The number of ether oxygens (including phenoxy) is 8. The molecule has 0 saturated carbocycles. The SMILES string of the molecule is CC(=O)OC[C@@H]1O[C@H](n2ccc(NC(=O)Nc3ccn([C@@H]4O[C@H](COC(C)=O)[C@H](OC(C)=O)[C@@H]4OC(C)=O)c(=O)n3)nc2=O)[C@@H](OC(C)=O)[C@H]1OC(C)=O. The molecule has 2 N–H and O–H groups in total. The molecule has 0 spiro atoms. The van der Waals surface area contributed by atoms with Crippen molar-refractivity contribution in [2.24, 2.45) is 0 Å². The van der Waals surface area contributed by atoms with E-state index in [1.807, 2.05) is 0 Å². The molecule has 4 rings (SSSR count). The highest BCUT2D eigenvalue weighted by molar-refractivity contribution is 5.98. The van der Waals surface area contributed by atoms with Crippen molar-refractivity contribution in [3.05, 3.63) is 45.5 Å². The van der Waals surface area contributed by atoms with E-state index in [4.69, 9.17) is 37.9 Å². The number of hydrogen-bond donors (Lipinski definition) is 2. The molecule has 4 heterocycles. The molecule has 2 fully saturated rings. The quantitative estimate of drug-likeness (QED) is 0.195. The molecular weight excluding hydrogens is 728 g/mol. The van der Waals surface area contributed by atoms with Gasteiger partial charge in [-0.1, -0.05) is 0 Å². The maximum absolute atomic E-state index is 13.1. The molecule has 2 aliphatic rings. The number of carbonyl (C=O) groups is 7. The van der Waals surface area contributed by atoms with Crippen LogP contribution in [0.25, 0.3) is 0 Å². The summed E-state index contributed by atoms with van der Waals surface area (Å²) in [4.78, 5) is 117. The highest BCUT2D eigenvalue weighted by Gasteiger charge is 2.52. The number of hydrogen-bond acceptors (Lipinski definition) is 19. The fraction of sp³-hybridized carbons (Fsp3) is 0.516. The predicted octanol–water partition coefficient (Wildman–Crippen LogP) is -0.908. The number of anilines is 2. The summed E-state index contributed by atoms with van der Waals surface area (Å²) in [6.45, 7) is 5.81. The lowest BCUT2D eigenvalue weighted by molar-refractivity contribution is -0.166. The lowest BCUT2D eigenvalue weighted by atomic mass is 10.1. The van der Waals surface area contributed by atoms with E-state index in [1.165, 1.54) is 12.1 Å². The van der Waals surface area contributed by atoms with Crippen LogP contribution in [0.5, 0.6) is 0 Å². The zero-order valence-electron chi connectivity index (χ0n) is 29.6. The molecule has 0 aliphatic carbocycles. The molecule has 0 unspecified atom stereocenters. The second-order valence-corrected chi connectivity index (χ2v) is 11.6. The summed E-state index contributed by atoms with van der Waals surface area (Å²) in [6, 6.07) is 1.36. The lowest BCUT2D eigenvalue weighted by Crippen LogP contribution is -2.42. The molecule has 8 atom stereocenters. The van der Waals surface area contributed by atoms with E-state index in [1.54, 1.807) is 0 Å². The average molecular weight is 765 g/mol. The molecule has 2 amide bonds. The second-order valence-electron chi connectivity index (χ2n) is 11.6. The summed E-state index contributed by atoms with van der Waals surface area (Å²) >= 11 is 0. The molecule has 0 aromatic carbocycles. The van der Waals surface area contributed by atoms with Gasteiger partial charge in [-0.2, -0.15) is 9.97 Å². The van der Waals surface area contributed by atoms with Crippen molar-refractivity contribution in [1.29, 1.82) is 0 Å². The predicted molar refractivity (Wildman–Crippen MR) is 173 cm³/mol. The maximum atomic E-state index is 13.1. The van der Waals surface area contributed by atoms with Gasteiger partial charge in [0.2, 0.25) is 0 Å². The summed E-state index contributed by atoms with van der Waals surface area (Å²) in [5.41, 5.74) is -2.02. The van der Waals surface area contributed by atoms with Gasteiger partial charge < -0.3 is 37.9 Å². The number of carbonyl (C=O) groups excluding carboxylic acids is 7. The number of esters is 6. The first kappa shape index (κ1) is 40.5. The summed E-state index contributed by atoms with van der Waals surface area (Å²) in [5, 5.41) is 4.58. The Labute approximate surface area is 304 Å². The van der Waals surface area contributed by atoms with E-state index >= 15 is 0 Å².